The molecule has 1 saturated carbocycles. The number of hydrogen-bond acceptors (Lipinski definition) is 2. The third-order valence-electron chi connectivity index (χ3n) is 5.06. The summed E-state index contributed by atoms with van der Waals surface area (Å²) in [6.45, 7) is 0.984. The third-order valence-corrected chi connectivity index (χ3v) is 5.06. The van der Waals surface area contributed by atoms with Crippen molar-refractivity contribution in [2.75, 3.05) is 6.54 Å². The van der Waals surface area contributed by atoms with Gasteiger partial charge in [0.2, 0.25) is 5.91 Å². The number of amides is 1. The number of rotatable bonds is 5. The molecule has 3 nitrogen and oxygen atoms in total. The molecular formula is C18H24F2N2O. The molecule has 0 bridgehead atoms. The normalized spacial score (nSPS) is 21.7. The van der Waals surface area contributed by atoms with E-state index in [1.807, 2.05) is 0 Å². The molecule has 1 aromatic carbocycles. The Bertz CT molecular complexity index is 532. The molecule has 2 fully saturated rings. The zero-order valence-corrected chi connectivity index (χ0v) is 13.4. The summed E-state index contributed by atoms with van der Waals surface area (Å²) in [4.78, 5) is 14.5. The Morgan fingerprint density at radius 2 is 1.83 bits per heavy atom. The molecule has 1 aliphatic heterocycles. The van der Waals surface area contributed by atoms with Crippen molar-refractivity contribution >= 4 is 5.91 Å². The lowest BCUT2D eigenvalue weighted by atomic mass is 10.1. The second-order valence-electron chi connectivity index (χ2n) is 6.66. The molecule has 126 valence electrons. The first-order valence-corrected chi connectivity index (χ1v) is 8.61. The molecule has 1 aliphatic carbocycles. The van der Waals surface area contributed by atoms with E-state index in [0.29, 0.717) is 6.42 Å². The fourth-order valence-electron chi connectivity index (χ4n) is 3.75. The largest absolute Gasteiger partial charge is 0.335 e. The van der Waals surface area contributed by atoms with Crippen molar-refractivity contribution in [1.82, 2.24) is 10.2 Å². The maximum Gasteiger partial charge on any atom is 0.224 e. The third kappa shape index (κ3) is 3.89. The van der Waals surface area contributed by atoms with Crippen LogP contribution in [0, 0.1) is 11.6 Å². The van der Waals surface area contributed by atoms with Crippen molar-refractivity contribution in [1.29, 1.82) is 0 Å². The minimum absolute atomic E-state index is 0.00660. The van der Waals surface area contributed by atoms with E-state index in [4.69, 9.17) is 0 Å². The number of carbonyl (C=O) groups excluding carboxylic acids is 1. The maximum absolute atomic E-state index is 14.0. The monoisotopic (exact) mass is 322 g/mol. The van der Waals surface area contributed by atoms with E-state index in [9.17, 15) is 13.6 Å². The van der Waals surface area contributed by atoms with E-state index in [-0.39, 0.29) is 30.1 Å². The fraction of sp³-hybridized carbons (Fsp3) is 0.611. The molecule has 1 N–H and O–H groups in total. The average molecular weight is 322 g/mol. The molecule has 0 radical (unpaired) electrons. The van der Waals surface area contributed by atoms with Crippen molar-refractivity contribution in [3.8, 4) is 0 Å². The summed E-state index contributed by atoms with van der Waals surface area (Å²) in [5, 5.41) is 3.32. The Labute approximate surface area is 136 Å². The Hall–Kier alpha value is -1.49. The van der Waals surface area contributed by atoms with Crippen molar-refractivity contribution in [2.24, 2.45) is 0 Å². The van der Waals surface area contributed by atoms with E-state index < -0.39 is 11.6 Å². The van der Waals surface area contributed by atoms with Crippen LogP contribution in [0.4, 0.5) is 8.78 Å². The second kappa shape index (κ2) is 7.39. The molecule has 2 aliphatic rings. The van der Waals surface area contributed by atoms with E-state index >= 15 is 0 Å². The molecule has 3 rings (SSSR count). The van der Waals surface area contributed by atoms with E-state index in [1.165, 1.54) is 18.2 Å². The molecule has 0 aromatic heterocycles. The molecule has 1 atom stereocenters. The summed E-state index contributed by atoms with van der Waals surface area (Å²) >= 11 is 0. The van der Waals surface area contributed by atoms with Gasteiger partial charge in [-0.05, 0) is 44.4 Å². The molecule has 1 unspecified atom stereocenters. The van der Waals surface area contributed by atoms with Gasteiger partial charge in [0.05, 0.1) is 6.54 Å². The SMILES string of the molecule is O=C(CC1CCCN1)N(Cc1c(F)cccc1F)C1CCCC1. The summed E-state index contributed by atoms with van der Waals surface area (Å²) in [5.41, 5.74) is 0.00660. The lowest BCUT2D eigenvalue weighted by molar-refractivity contribution is -0.134. The summed E-state index contributed by atoms with van der Waals surface area (Å²) < 4.78 is 28.0. The van der Waals surface area contributed by atoms with Crippen LogP contribution >= 0.6 is 0 Å². The number of halogens is 2. The first kappa shape index (κ1) is 16.4. The average Bonchev–Trinajstić information content (AvgIpc) is 3.20. The predicted octanol–water partition coefficient (Wildman–Crippen LogP) is 3.38. The van der Waals surface area contributed by atoms with Crippen molar-refractivity contribution in [3.63, 3.8) is 0 Å². The quantitative estimate of drug-likeness (QED) is 0.901. The van der Waals surface area contributed by atoms with Crippen LogP contribution in [0.25, 0.3) is 0 Å². The topological polar surface area (TPSA) is 32.3 Å². The van der Waals surface area contributed by atoms with E-state index in [2.05, 4.69) is 5.32 Å². The van der Waals surface area contributed by atoms with Crippen LogP contribution in [0.15, 0.2) is 18.2 Å². The highest BCUT2D eigenvalue weighted by Gasteiger charge is 2.30. The number of benzene rings is 1. The van der Waals surface area contributed by atoms with Crippen molar-refractivity contribution in [2.45, 2.75) is 63.6 Å². The van der Waals surface area contributed by atoms with Crippen molar-refractivity contribution in [3.05, 3.63) is 35.4 Å². The molecule has 1 saturated heterocycles. The van der Waals surface area contributed by atoms with Gasteiger partial charge in [-0.1, -0.05) is 18.9 Å². The van der Waals surface area contributed by atoms with Crippen LogP contribution in [-0.2, 0) is 11.3 Å². The van der Waals surface area contributed by atoms with Crippen LogP contribution < -0.4 is 5.32 Å². The van der Waals surface area contributed by atoms with Gasteiger partial charge in [0, 0.05) is 24.1 Å². The zero-order chi connectivity index (χ0) is 16.2. The van der Waals surface area contributed by atoms with Gasteiger partial charge in [-0.15, -0.1) is 0 Å². The lowest BCUT2D eigenvalue weighted by Gasteiger charge is -2.30. The predicted molar refractivity (Wildman–Crippen MR) is 84.8 cm³/mol. The Balaban J connectivity index is 1.76. The highest BCUT2D eigenvalue weighted by Crippen LogP contribution is 2.27. The first-order chi connectivity index (χ1) is 11.1. The van der Waals surface area contributed by atoms with Crippen LogP contribution in [0.5, 0.6) is 0 Å². The number of carbonyl (C=O) groups is 1. The summed E-state index contributed by atoms with van der Waals surface area (Å²) in [7, 11) is 0. The summed E-state index contributed by atoms with van der Waals surface area (Å²) in [6.07, 6.45) is 6.53. The van der Waals surface area contributed by atoms with Gasteiger partial charge >= 0.3 is 0 Å². The van der Waals surface area contributed by atoms with Gasteiger partial charge in [-0.3, -0.25) is 4.79 Å². The Morgan fingerprint density at radius 1 is 1.13 bits per heavy atom. The Morgan fingerprint density at radius 3 is 2.43 bits per heavy atom. The molecule has 1 amide bonds. The van der Waals surface area contributed by atoms with Gasteiger partial charge in [0.25, 0.3) is 0 Å². The van der Waals surface area contributed by atoms with Crippen LogP contribution in [0.3, 0.4) is 0 Å². The van der Waals surface area contributed by atoms with Crippen molar-refractivity contribution < 1.29 is 13.6 Å². The van der Waals surface area contributed by atoms with Crippen LogP contribution in [0.2, 0.25) is 0 Å². The summed E-state index contributed by atoms with van der Waals surface area (Å²) in [6, 6.07) is 4.20. The molecule has 1 aromatic rings. The van der Waals surface area contributed by atoms with E-state index in [0.717, 1.165) is 45.1 Å². The molecule has 23 heavy (non-hydrogen) atoms. The molecule has 1 heterocycles. The Kier molecular flexibility index (Phi) is 5.26. The van der Waals surface area contributed by atoms with Gasteiger partial charge in [0.1, 0.15) is 11.6 Å². The van der Waals surface area contributed by atoms with Crippen LogP contribution in [0.1, 0.15) is 50.5 Å². The first-order valence-electron chi connectivity index (χ1n) is 8.61. The number of nitrogens with zero attached hydrogens (tertiary/aromatic N) is 1. The van der Waals surface area contributed by atoms with E-state index in [1.54, 1.807) is 4.90 Å². The zero-order valence-electron chi connectivity index (χ0n) is 13.4. The maximum atomic E-state index is 14.0. The standard InChI is InChI=1S/C18H24F2N2O/c19-16-8-3-9-17(20)15(16)12-22(14-6-1-2-7-14)18(23)11-13-5-4-10-21-13/h3,8-9,13-14,21H,1-2,4-7,10-12H2. The second-order valence-corrected chi connectivity index (χ2v) is 6.66. The van der Waals surface area contributed by atoms with Gasteiger partial charge < -0.3 is 10.2 Å². The number of hydrogen-bond donors (Lipinski definition) is 1. The molecular weight excluding hydrogens is 298 g/mol. The van der Waals surface area contributed by atoms with Gasteiger partial charge in [-0.2, -0.15) is 0 Å². The summed E-state index contributed by atoms with van der Waals surface area (Å²) in [5.74, 6) is -1.13. The fourth-order valence-corrected chi connectivity index (χ4v) is 3.75. The molecule has 0 spiro atoms. The highest BCUT2D eigenvalue weighted by molar-refractivity contribution is 5.77. The van der Waals surface area contributed by atoms with Gasteiger partial charge in [0.15, 0.2) is 0 Å². The number of nitrogens with one attached hydrogen (secondary N) is 1. The smallest absolute Gasteiger partial charge is 0.224 e. The minimum atomic E-state index is -0.570. The highest BCUT2D eigenvalue weighted by atomic mass is 19.1. The lowest BCUT2D eigenvalue weighted by Crippen LogP contribution is -2.41. The molecule has 5 heteroatoms. The minimum Gasteiger partial charge on any atom is -0.335 e. The van der Waals surface area contributed by atoms with Crippen LogP contribution in [-0.4, -0.2) is 29.4 Å². The van der Waals surface area contributed by atoms with Gasteiger partial charge in [-0.25, -0.2) is 8.78 Å².